The number of rotatable bonds is 7. The standard InChI is InChI=1S/C76H40N10/c77-41-46-27-31-68-57(35-46)53-19-7-11-23-64(53)83(68)73-61(45-81)72(52-39-62(50-15-3-1-4-16-50)82-63(40-52)51-17-5-2-6-18-51)74(84-65-24-12-8-20-54(65)58-36-47(42-78)28-32-69(58)84)76(86-67-26-14-10-22-56(67)60-38-49(44-80)30-34-71(60)86)75(73)85-66-25-13-9-21-55(66)59-37-48(43-79)29-33-70(59)85/h1-40H. The van der Waals surface area contributed by atoms with E-state index in [-0.39, 0.29) is 0 Å². The monoisotopic (exact) mass is 1090 g/mol. The van der Waals surface area contributed by atoms with E-state index in [1.165, 1.54) is 0 Å². The summed E-state index contributed by atoms with van der Waals surface area (Å²) in [5.74, 6) is 0. The minimum Gasteiger partial charge on any atom is -0.306 e. The normalized spacial score (nSPS) is 11.4. The van der Waals surface area contributed by atoms with E-state index in [4.69, 9.17) is 4.98 Å². The zero-order chi connectivity index (χ0) is 57.7. The Balaban J connectivity index is 1.28. The first-order chi connectivity index (χ1) is 42.5. The Morgan fingerprint density at radius 1 is 0.244 bits per heavy atom. The molecule has 0 atom stereocenters. The number of nitrogens with zero attached hydrogens (tertiary/aromatic N) is 10. The Morgan fingerprint density at radius 3 is 0.872 bits per heavy atom. The van der Waals surface area contributed by atoms with Gasteiger partial charge in [0.15, 0.2) is 0 Å². The van der Waals surface area contributed by atoms with Crippen LogP contribution in [-0.2, 0) is 0 Å². The number of pyridine rings is 1. The van der Waals surface area contributed by atoms with Crippen molar-refractivity contribution in [1.29, 1.82) is 26.3 Å². The number of fused-ring (bicyclic) bond motifs is 12. The van der Waals surface area contributed by atoms with Crippen LogP contribution in [0.2, 0.25) is 0 Å². The summed E-state index contributed by atoms with van der Waals surface area (Å²) >= 11 is 0. The summed E-state index contributed by atoms with van der Waals surface area (Å²) in [6, 6.07) is 92.9. The Hall–Kier alpha value is -12.8. The van der Waals surface area contributed by atoms with E-state index in [0.29, 0.717) is 73.1 Å². The summed E-state index contributed by atoms with van der Waals surface area (Å²) in [5, 5.41) is 62.3. The predicted molar refractivity (Wildman–Crippen MR) is 341 cm³/mol. The highest BCUT2D eigenvalue weighted by Gasteiger charge is 2.36. The Kier molecular flexibility index (Phi) is 10.9. The topological polar surface area (TPSA) is 152 Å². The second kappa shape index (κ2) is 19.2. The van der Waals surface area contributed by atoms with Gasteiger partial charge in [-0.1, -0.05) is 133 Å². The van der Waals surface area contributed by atoms with Crippen molar-refractivity contribution in [2.24, 2.45) is 0 Å². The van der Waals surface area contributed by atoms with Crippen molar-refractivity contribution in [3.63, 3.8) is 0 Å². The number of aromatic nitrogens is 5. The molecule has 16 aromatic rings. The molecule has 0 fully saturated rings. The average Bonchev–Trinajstić information content (AvgIpc) is 1.44. The Bertz CT molecular complexity index is 5780. The van der Waals surface area contributed by atoms with Gasteiger partial charge in [-0.3, -0.25) is 0 Å². The van der Waals surface area contributed by atoms with Crippen LogP contribution in [0, 0.1) is 56.7 Å². The molecule has 0 spiro atoms. The van der Waals surface area contributed by atoms with E-state index in [0.717, 1.165) is 98.4 Å². The SMILES string of the molecule is N#Cc1ccc2c(c1)c1ccccc1n2-c1c(C#N)c(-c2cc(-c3ccccc3)nc(-c3ccccc3)c2)c(-n2c3ccccc3c3cc(C#N)ccc32)c(-n2c3ccccc3c3cc(C#N)ccc32)c1-n1c2ccccc2c2cc(C#N)ccc21. The van der Waals surface area contributed by atoms with E-state index in [1.807, 2.05) is 182 Å². The van der Waals surface area contributed by atoms with Gasteiger partial charge in [0.1, 0.15) is 6.07 Å². The van der Waals surface area contributed by atoms with E-state index in [2.05, 4.69) is 109 Å². The van der Waals surface area contributed by atoms with Gasteiger partial charge < -0.3 is 18.3 Å². The third-order valence-corrected chi connectivity index (χ3v) is 16.9. The van der Waals surface area contributed by atoms with Gasteiger partial charge in [0.25, 0.3) is 0 Å². The number of hydrogen-bond acceptors (Lipinski definition) is 6. The summed E-state index contributed by atoms with van der Waals surface area (Å²) < 4.78 is 9.04. The van der Waals surface area contributed by atoms with E-state index in [1.54, 1.807) is 0 Å². The molecule has 0 radical (unpaired) electrons. The fourth-order valence-electron chi connectivity index (χ4n) is 13.3. The minimum atomic E-state index is 0.321. The highest BCUT2D eigenvalue weighted by atomic mass is 15.1. The number of para-hydroxylation sites is 4. The van der Waals surface area contributed by atoms with Crippen molar-refractivity contribution < 1.29 is 0 Å². The maximum atomic E-state index is 13.1. The molecule has 10 nitrogen and oxygen atoms in total. The van der Waals surface area contributed by atoms with Crippen LogP contribution in [0.5, 0.6) is 0 Å². The molecule has 10 heteroatoms. The van der Waals surface area contributed by atoms with Crippen LogP contribution in [-0.4, -0.2) is 23.3 Å². The summed E-state index contributed by atoms with van der Waals surface area (Å²) in [5.41, 5.74) is 15.5. The van der Waals surface area contributed by atoms with Gasteiger partial charge in [0.2, 0.25) is 0 Å². The predicted octanol–water partition coefficient (Wildman–Crippen LogP) is 17.8. The van der Waals surface area contributed by atoms with Crippen LogP contribution in [0.15, 0.2) is 243 Å². The van der Waals surface area contributed by atoms with Crippen molar-refractivity contribution in [2.75, 3.05) is 0 Å². The average molecular weight is 1090 g/mol. The summed E-state index contributed by atoms with van der Waals surface area (Å²) in [4.78, 5) is 5.44. The Morgan fingerprint density at radius 2 is 0.535 bits per heavy atom. The zero-order valence-electron chi connectivity index (χ0n) is 45.6. The second-order valence-corrected chi connectivity index (χ2v) is 21.4. The van der Waals surface area contributed by atoms with E-state index >= 15 is 0 Å². The molecule has 5 heterocycles. The van der Waals surface area contributed by atoms with E-state index < -0.39 is 0 Å². The minimum absolute atomic E-state index is 0.321. The summed E-state index contributed by atoms with van der Waals surface area (Å²) in [6.45, 7) is 0. The molecule has 0 unspecified atom stereocenters. The van der Waals surface area contributed by atoms with Gasteiger partial charge in [0, 0.05) is 59.8 Å². The highest BCUT2D eigenvalue weighted by molar-refractivity contribution is 6.18. The molecule has 0 N–H and O–H groups in total. The van der Waals surface area contributed by atoms with Crippen molar-refractivity contribution >= 4 is 87.2 Å². The molecule has 0 aliphatic heterocycles. The molecule has 0 aliphatic carbocycles. The molecule has 0 saturated heterocycles. The van der Waals surface area contributed by atoms with Crippen molar-refractivity contribution in [1.82, 2.24) is 23.3 Å². The molecule has 0 saturated carbocycles. The smallest absolute Gasteiger partial charge is 0.102 e. The lowest BCUT2D eigenvalue weighted by Gasteiger charge is -2.29. The molecular formula is C76H40N10. The lowest BCUT2D eigenvalue weighted by atomic mass is 9.91. The maximum absolute atomic E-state index is 13.1. The molecule has 0 amide bonds. The third kappa shape index (κ3) is 7.18. The number of nitriles is 5. The molecule has 0 aliphatic rings. The molecule has 5 aromatic heterocycles. The van der Waals surface area contributed by atoms with E-state index in [9.17, 15) is 26.3 Å². The molecule has 394 valence electrons. The molecule has 0 bridgehead atoms. The summed E-state index contributed by atoms with van der Waals surface area (Å²) in [6.07, 6.45) is 0. The first-order valence-corrected chi connectivity index (χ1v) is 28.0. The zero-order valence-corrected chi connectivity index (χ0v) is 45.6. The first kappa shape index (κ1) is 49.1. The van der Waals surface area contributed by atoms with Crippen LogP contribution in [0.4, 0.5) is 0 Å². The largest absolute Gasteiger partial charge is 0.306 e. The quantitative estimate of drug-likeness (QED) is 0.155. The van der Waals surface area contributed by atoms with Gasteiger partial charge in [-0.15, -0.1) is 0 Å². The first-order valence-electron chi connectivity index (χ1n) is 28.0. The van der Waals surface area contributed by atoms with Crippen molar-refractivity contribution in [2.45, 2.75) is 0 Å². The molecule has 11 aromatic carbocycles. The van der Waals surface area contributed by atoms with Crippen molar-refractivity contribution in [3.05, 3.63) is 270 Å². The fourth-order valence-corrected chi connectivity index (χ4v) is 13.3. The number of hydrogen-bond donors (Lipinski definition) is 0. The van der Waals surface area contributed by atoms with Gasteiger partial charge >= 0.3 is 0 Å². The van der Waals surface area contributed by atoms with Gasteiger partial charge in [-0.05, 0) is 115 Å². The summed E-state index contributed by atoms with van der Waals surface area (Å²) in [7, 11) is 0. The van der Waals surface area contributed by atoms with Crippen LogP contribution >= 0.6 is 0 Å². The Labute approximate surface area is 491 Å². The van der Waals surface area contributed by atoms with Crippen LogP contribution in [0.1, 0.15) is 27.8 Å². The lowest BCUT2D eigenvalue weighted by Crippen LogP contribution is -2.17. The second-order valence-electron chi connectivity index (χ2n) is 21.4. The molecular weight excluding hydrogens is 1050 g/mol. The van der Waals surface area contributed by atoms with Crippen LogP contribution < -0.4 is 0 Å². The van der Waals surface area contributed by atoms with Gasteiger partial charge in [0.05, 0.1) is 130 Å². The fraction of sp³-hybridized carbons (Fsp3) is 0. The molecule has 86 heavy (non-hydrogen) atoms. The van der Waals surface area contributed by atoms with Crippen molar-refractivity contribution in [3.8, 4) is 86.7 Å². The maximum Gasteiger partial charge on any atom is 0.102 e. The highest BCUT2D eigenvalue weighted by Crippen LogP contribution is 2.52. The van der Waals surface area contributed by atoms with Crippen LogP contribution in [0.25, 0.3) is 144 Å². The molecule has 16 rings (SSSR count). The van der Waals surface area contributed by atoms with Gasteiger partial charge in [-0.25, -0.2) is 4.98 Å². The van der Waals surface area contributed by atoms with Crippen LogP contribution in [0.3, 0.4) is 0 Å². The third-order valence-electron chi connectivity index (χ3n) is 16.9. The van der Waals surface area contributed by atoms with Gasteiger partial charge in [-0.2, -0.15) is 26.3 Å². The number of benzene rings is 11. The lowest BCUT2D eigenvalue weighted by molar-refractivity contribution is 1.02.